The van der Waals surface area contributed by atoms with Crippen LogP contribution in [-0.2, 0) is 0 Å². The molecule has 2 N–H and O–H groups in total. The minimum absolute atomic E-state index is 0.0846. The van der Waals surface area contributed by atoms with Gasteiger partial charge in [-0.15, -0.1) is 0 Å². The summed E-state index contributed by atoms with van der Waals surface area (Å²) in [6.45, 7) is 7.62. The van der Waals surface area contributed by atoms with Gasteiger partial charge in [0.2, 0.25) is 0 Å². The minimum atomic E-state index is 0.0846. The van der Waals surface area contributed by atoms with Crippen LogP contribution in [0.15, 0.2) is 40.8 Å². The average Bonchev–Trinajstić information content (AvgIpc) is 2.83. The van der Waals surface area contributed by atoms with Gasteiger partial charge in [0.05, 0.1) is 6.04 Å². The molecular formula is C16H22N2O. The Bertz CT molecular complexity index is 516. The second-order valence-corrected chi connectivity index (χ2v) is 4.82. The summed E-state index contributed by atoms with van der Waals surface area (Å²) in [5.41, 5.74) is 8.40. The van der Waals surface area contributed by atoms with E-state index in [1.54, 1.807) is 0 Å². The van der Waals surface area contributed by atoms with Crippen molar-refractivity contribution in [1.29, 1.82) is 0 Å². The number of hydrogen-bond acceptors (Lipinski definition) is 3. The van der Waals surface area contributed by atoms with E-state index in [1.807, 2.05) is 19.1 Å². The van der Waals surface area contributed by atoms with Gasteiger partial charge in [0.25, 0.3) is 0 Å². The highest BCUT2D eigenvalue weighted by Gasteiger charge is 2.21. The Labute approximate surface area is 115 Å². The molecule has 3 nitrogen and oxygen atoms in total. The molecule has 0 spiro atoms. The zero-order valence-electron chi connectivity index (χ0n) is 11.9. The summed E-state index contributed by atoms with van der Waals surface area (Å²) in [4.78, 5) is 2.28. The lowest BCUT2D eigenvalue weighted by atomic mass is 10.1. The molecule has 0 aliphatic heterocycles. The van der Waals surface area contributed by atoms with E-state index in [4.69, 9.17) is 10.2 Å². The molecule has 3 heteroatoms. The van der Waals surface area contributed by atoms with Crippen molar-refractivity contribution in [2.45, 2.75) is 26.8 Å². The topological polar surface area (TPSA) is 42.4 Å². The molecule has 1 aromatic carbocycles. The van der Waals surface area contributed by atoms with Gasteiger partial charge in [-0.3, -0.25) is 0 Å². The minimum Gasteiger partial charge on any atom is -0.464 e. The zero-order valence-corrected chi connectivity index (χ0v) is 11.9. The zero-order chi connectivity index (χ0) is 13.8. The lowest BCUT2D eigenvalue weighted by Gasteiger charge is -2.30. The van der Waals surface area contributed by atoms with Gasteiger partial charge < -0.3 is 15.1 Å². The summed E-state index contributed by atoms with van der Waals surface area (Å²) in [5.74, 6) is 1.86. The molecule has 1 atom stereocenters. The third kappa shape index (κ3) is 2.99. The third-order valence-electron chi connectivity index (χ3n) is 3.40. The van der Waals surface area contributed by atoms with Crippen LogP contribution in [0.2, 0.25) is 0 Å². The van der Waals surface area contributed by atoms with Crippen LogP contribution < -0.4 is 10.6 Å². The van der Waals surface area contributed by atoms with Gasteiger partial charge in [0, 0.05) is 18.8 Å². The van der Waals surface area contributed by atoms with E-state index in [9.17, 15) is 0 Å². The lowest BCUT2D eigenvalue weighted by Crippen LogP contribution is -2.33. The Balaban J connectivity index is 2.31. The largest absolute Gasteiger partial charge is 0.464 e. The first kappa shape index (κ1) is 13.7. The van der Waals surface area contributed by atoms with Crippen molar-refractivity contribution in [3.05, 3.63) is 53.5 Å². The molecule has 2 rings (SSSR count). The molecule has 102 valence electrons. The summed E-state index contributed by atoms with van der Waals surface area (Å²) in [7, 11) is 0. The van der Waals surface area contributed by atoms with Crippen LogP contribution in [0, 0.1) is 13.8 Å². The van der Waals surface area contributed by atoms with Gasteiger partial charge >= 0.3 is 0 Å². The quantitative estimate of drug-likeness (QED) is 0.893. The number of likely N-dealkylation sites (N-methyl/N-ethyl adjacent to an activating group) is 1. The average molecular weight is 258 g/mol. The molecular weight excluding hydrogens is 236 g/mol. The number of anilines is 1. The summed E-state index contributed by atoms with van der Waals surface area (Å²) < 4.78 is 5.74. The molecule has 1 unspecified atom stereocenters. The fourth-order valence-corrected chi connectivity index (χ4v) is 2.35. The maximum atomic E-state index is 5.96. The number of rotatable bonds is 5. The van der Waals surface area contributed by atoms with Crippen LogP contribution >= 0.6 is 0 Å². The molecule has 0 saturated carbocycles. The van der Waals surface area contributed by atoms with Gasteiger partial charge in [0.15, 0.2) is 0 Å². The lowest BCUT2D eigenvalue weighted by molar-refractivity contribution is 0.435. The summed E-state index contributed by atoms with van der Waals surface area (Å²) >= 11 is 0. The normalized spacial score (nSPS) is 12.4. The molecule has 0 bridgehead atoms. The molecule has 1 aromatic heterocycles. The van der Waals surface area contributed by atoms with E-state index < -0.39 is 0 Å². The van der Waals surface area contributed by atoms with Crippen molar-refractivity contribution in [3.63, 3.8) is 0 Å². The highest BCUT2D eigenvalue weighted by molar-refractivity contribution is 5.49. The van der Waals surface area contributed by atoms with E-state index in [2.05, 4.69) is 43.0 Å². The monoisotopic (exact) mass is 258 g/mol. The van der Waals surface area contributed by atoms with E-state index in [0.29, 0.717) is 6.54 Å². The Hall–Kier alpha value is -1.74. The summed E-state index contributed by atoms with van der Waals surface area (Å²) in [5, 5.41) is 0. The second kappa shape index (κ2) is 5.93. The fraction of sp³-hybridized carbons (Fsp3) is 0.375. The van der Waals surface area contributed by atoms with Gasteiger partial charge in [0.1, 0.15) is 11.5 Å². The number of benzene rings is 1. The van der Waals surface area contributed by atoms with E-state index in [1.165, 1.54) is 11.3 Å². The molecule has 0 radical (unpaired) electrons. The fourth-order valence-electron chi connectivity index (χ4n) is 2.35. The van der Waals surface area contributed by atoms with Crippen LogP contribution in [0.5, 0.6) is 0 Å². The highest BCUT2D eigenvalue weighted by Crippen LogP contribution is 2.27. The number of nitrogens with two attached hydrogens (primary N) is 1. The van der Waals surface area contributed by atoms with Crippen molar-refractivity contribution < 1.29 is 4.42 Å². The summed E-state index contributed by atoms with van der Waals surface area (Å²) in [6.07, 6.45) is 0. The SMILES string of the molecule is CCN(c1ccc(C)cc1)C(CN)c1ccc(C)o1. The number of furan rings is 1. The molecule has 0 fully saturated rings. The van der Waals surface area contributed by atoms with Gasteiger partial charge in [-0.2, -0.15) is 0 Å². The van der Waals surface area contributed by atoms with E-state index in [0.717, 1.165) is 18.1 Å². The van der Waals surface area contributed by atoms with Crippen molar-refractivity contribution in [1.82, 2.24) is 0 Å². The molecule has 0 aliphatic rings. The van der Waals surface area contributed by atoms with Crippen molar-refractivity contribution in [2.24, 2.45) is 5.73 Å². The Morgan fingerprint density at radius 2 is 1.79 bits per heavy atom. The standard InChI is InChI=1S/C16H22N2O/c1-4-18(14-8-5-12(2)6-9-14)15(11-17)16-10-7-13(3)19-16/h5-10,15H,4,11,17H2,1-3H3. The van der Waals surface area contributed by atoms with Crippen molar-refractivity contribution in [3.8, 4) is 0 Å². The number of aryl methyl sites for hydroxylation is 2. The Morgan fingerprint density at radius 3 is 2.26 bits per heavy atom. The predicted molar refractivity (Wildman–Crippen MR) is 79.4 cm³/mol. The first-order chi connectivity index (χ1) is 9.15. The third-order valence-corrected chi connectivity index (χ3v) is 3.40. The number of hydrogen-bond donors (Lipinski definition) is 1. The molecule has 2 aromatic rings. The van der Waals surface area contributed by atoms with Crippen LogP contribution in [0.4, 0.5) is 5.69 Å². The highest BCUT2D eigenvalue weighted by atomic mass is 16.3. The molecule has 0 aliphatic carbocycles. The Kier molecular flexibility index (Phi) is 4.27. The van der Waals surface area contributed by atoms with Gasteiger partial charge in [-0.25, -0.2) is 0 Å². The molecule has 0 amide bonds. The Morgan fingerprint density at radius 1 is 1.11 bits per heavy atom. The second-order valence-electron chi connectivity index (χ2n) is 4.82. The van der Waals surface area contributed by atoms with E-state index in [-0.39, 0.29) is 6.04 Å². The smallest absolute Gasteiger partial charge is 0.127 e. The van der Waals surface area contributed by atoms with Crippen LogP contribution in [0.3, 0.4) is 0 Å². The maximum Gasteiger partial charge on any atom is 0.127 e. The predicted octanol–water partition coefficient (Wildman–Crippen LogP) is 3.42. The molecule has 1 heterocycles. The van der Waals surface area contributed by atoms with Crippen molar-refractivity contribution >= 4 is 5.69 Å². The van der Waals surface area contributed by atoms with Gasteiger partial charge in [-0.1, -0.05) is 17.7 Å². The summed E-state index contributed by atoms with van der Waals surface area (Å²) in [6, 6.07) is 12.6. The van der Waals surface area contributed by atoms with Gasteiger partial charge in [-0.05, 0) is 45.0 Å². The van der Waals surface area contributed by atoms with Crippen LogP contribution in [0.1, 0.15) is 30.0 Å². The number of nitrogens with zero attached hydrogens (tertiary/aromatic N) is 1. The van der Waals surface area contributed by atoms with Crippen molar-refractivity contribution in [2.75, 3.05) is 18.0 Å². The van der Waals surface area contributed by atoms with Crippen LogP contribution in [-0.4, -0.2) is 13.1 Å². The first-order valence-electron chi connectivity index (χ1n) is 6.75. The first-order valence-corrected chi connectivity index (χ1v) is 6.75. The van der Waals surface area contributed by atoms with Crippen LogP contribution in [0.25, 0.3) is 0 Å². The molecule has 19 heavy (non-hydrogen) atoms. The maximum absolute atomic E-state index is 5.96. The molecule has 0 saturated heterocycles. The van der Waals surface area contributed by atoms with E-state index >= 15 is 0 Å².